The van der Waals surface area contributed by atoms with Crippen molar-refractivity contribution < 1.29 is 14.7 Å². The maximum absolute atomic E-state index is 13.2. The lowest BCUT2D eigenvalue weighted by molar-refractivity contribution is -0.137. The number of hydrogen-bond acceptors (Lipinski definition) is 4. The third-order valence-corrected chi connectivity index (χ3v) is 6.01. The van der Waals surface area contributed by atoms with Gasteiger partial charge >= 0.3 is 5.97 Å². The fourth-order valence-electron chi connectivity index (χ4n) is 4.06. The molecule has 0 bridgehead atoms. The van der Waals surface area contributed by atoms with Gasteiger partial charge in [0.05, 0.1) is 17.0 Å². The van der Waals surface area contributed by atoms with Crippen molar-refractivity contribution in [3.8, 4) is 0 Å². The van der Waals surface area contributed by atoms with Gasteiger partial charge in [-0.1, -0.05) is 52.3 Å². The van der Waals surface area contributed by atoms with Gasteiger partial charge in [-0.2, -0.15) is 0 Å². The fraction of sp³-hybridized carbons (Fsp3) is 0.185. The van der Waals surface area contributed by atoms with E-state index in [9.17, 15) is 9.59 Å². The molecule has 3 aromatic carbocycles. The summed E-state index contributed by atoms with van der Waals surface area (Å²) in [5.74, 6) is -1.02. The van der Waals surface area contributed by atoms with E-state index in [0.717, 1.165) is 44.6 Å². The predicted octanol–water partition coefficient (Wildman–Crippen LogP) is 5.46. The van der Waals surface area contributed by atoms with Crippen molar-refractivity contribution in [2.75, 3.05) is 24.7 Å². The van der Waals surface area contributed by atoms with Gasteiger partial charge in [-0.05, 0) is 67.5 Å². The number of carboxylic acid groups (broad SMARTS) is 1. The summed E-state index contributed by atoms with van der Waals surface area (Å²) in [6.45, 7) is 0.795. The fourth-order valence-corrected chi connectivity index (χ4v) is 4.42. The van der Waals surface area contributed by atoms with E-state index in [2.05, 4.69) is 43.6 Å². The number of fused-ring (bicyclic) bond motifs is 1. The van der Waals surface area contributed by atoms with E-state index in [-0.39, 0.29) is 12.3 Å². The molecule has 7 heteroatoms. The van der Waals surface area contributed by atoms with Gasteiger partial charge in [-0.3, -0.25) is 9.59 Å². The topological polar surface area (TPSA) is 81.7 Å². The van der Waals surface area contributed by atoms with E-state index in [1.54, 1.807) is 0 Å². The monoisotopic (exact) mass is 519 g/mol. The van der Waals surface area contributed by atoms with Crippen molar-refractivity contribution in [2.24, 2.45) is 0 Å². The second-order valence-electron chi connectivity index (χ2n) is 8.55. The van der Waals surface area contributed by atoms with E-state index in [0.29, 0.717) is 17.7 Å². The highest BCUT2D eigenvalue weighted by molar-refractivity contribution is 9.10. The van der Waals surface area contributed by atoms with Crippen molar-refractivity contribution >= 4 is 50.5 Å². The molecule has 1 aliphatic heterocycles. The Morgan fingerprint density at radius 2 is 1.79 bits per heavy atom. The highest BCUT2D eigenvalue weighted by Gasteiger charge is 2.28. The minimum Gasteiger partial charge on any atom is -0.481 e. The first-order valence-corrected chi connectivity index (χ1v) is 11.8. The van der Waals surface area contributed by atoms with E-state index in [4.69, 9.17) is 5.11 Å². The summed E-state index contributed by atoms with van der Waals surface area (Å²) >= 11 is 3.47. The van der Waals surface area contributed by atoms with Gasteiger partial charge in [0.25, 0.3) is 5.91 Å². The minimum absolute atomic E-state index is 0.0483. The summed E-state index contributed by atoms with van der Waals surface area (Å²) < 4.78 is 0.884. The lowest BCUT2D eigenvalue weighted by atomic mass is 9.97. The summed E-state index contributed by atoms with van der Waals surface area (Å²) in [7, 11) is 4.04. The predicted molar refractivity (Wildman–Crippen MR) is 139 cm³/mol. The lowest BCUT2D eigenvalue weighted by Crippen LogP contribution is -2.12. The first-order chi connectivity index (χ1) is 16.3. The third-order valence-electron chi connectivity index (χ3n) is 5.51. The molecule has 3 N–H and O–H groups in total. The molecule has 1 aliphatic rings. The largest absolute Gasteiger partial charge is 0.481 e. The molecule has 0 fully saturated rings. The number of carbonyl (C=O) groups excluding carboxylic acids is 1. The van der Waals surface area contributed by atoms with Crippen molar-refractivity contribution in [1.82, 2.24) is 4.90 Å². The zero-order valence-corrected chi connectivity index (χ0v) is 20.6. The molecule has 1 heterocycles. The number of nitrogens with one attached hydrogen (secondary N) is 2. The molecule has 6 nitrogen and oxygen atoms in total. The molecule has 3 aromatic rings. The number of nitrogens with zero attached hydrogens (tertiary/aromatic N) is 1. The first-order valence-electron chi connectivity index (χ1n) is 11.0. The average Bonchev–Trinajstić information content (AvgIpc) is 3.10. The van der Waals surface area contributed by atoms with Crippen LogP contribution >= 0.6 is 15.9 Å². The van der Waals surface area contributed by atoms with Crippen molar-refractivity contribution in [1.29, 1.82) is 0 Å². The molecule has 0 saturated carbocycles. The van der Waals surface area contributed by atoms with Crippen LogP contribution in [0.25, 0.3) is 11.3 Å². The van der Waals surface area contributed by atoms with Crippen molar-refractivity contribution in [2.45, 2.75) is 19.4 Å². The summed E-state index contributed by atoms with van der Waals surface area (Å²) in [4.78, 5) is 26.3. The highest BCUT2D eigenvalue weighted by atomic mass is 79.9. The number of benzene rings is 3. The van der Waals surface area contributed by atoms with Crippen LogP contribution in [0.15, 0.2) is 71.2 Å². The molecule has 4 rings (SSSR count). The van der Waals surface area contributed by atoms with Gasteiger partial charge < -0.3 is 20.6 Å². The number of carbonyl (C=O) groups is 2. The van der Waals surface area contributed by atoms with Gasteiger partial charge in [0, 0.05) is 28.7 Å². The number of halogens is 1. The lowest BCUT2D eigenvalue weighted by Gasteiger charge is -2.17. The molecule has 0 aliphatic carbocycles. The molecule has 0 atom stereocenters. The number of carboxylic acids is 1. The Bertz CT molecular complexity index is 1280. The maximum atomic E-state index is 13.2. The molecular weight excluding hydrogens is 494 g/mol. The van der Waals surface area contributed by atoms with E-state index in [1.165, 1.54) is 0 Å². The summed E-state index contributed by atoms with van der Waals surface area (Å²) in [6, 6.07) is 21.5. The van der Waals surface area contributed by atoms with Crippen molar-refractivity contribution in [3.05, 3.63) is 93.5 Å². The smallest absolute Gasteiger partial charge is 0.303 e. The number of hydrogen-bond donors (Lipinski definition) is 3. The zero-order valence-electron chi connectivity index (χ0n) is 19.1. The van der Waals surface area contributed by atoms with Gasteiger partial charge in [-0.15, -0.1) is 0 Å². The van der Waals surface area contributed by atoms with Crippen LogP contribution in [0.5, 0.6) is 0 Å². The second-order valence-corrected chi connectivity index (χ2v) is 9.47. The van der Waals surface area contributed by atoms with Gasteiger partial charge in [0.2, 0.25) is 0 Å². The number of amides is 1. The molecule has 1 amide bonds. The summed E-state index contributed by atoms with van der Waals surface area (Å²) in [5.41, 5.74) is 6.53. The van der Waals surface area contributed by atoms with Crippen LogP contribution in [0.1, 0.15) is 28.7 Å². The van der Waals surface area contributed by atoms with E-state index >= 15 is 0 Å². The third kappa shape index (κ3) is 5.55. The molecule has 0 aromatic heterocycles. The van der Waals surface area contributed by atoms with Crippen molar-refractivity contribution in [3.63, 3.8) is 0 Å². The Morgan fingerprint density at radius 3 is 2.56 bits per heavy atom. The van der Waals surface area contributed by atoms with Gasteiger partial charge in [0.15, 0.2) is 0 Å². The van der Waals surface area contributed by atoms with Crippen LogP contribution in [0.3, 0.4) is 0 Å². The van der Waals surface area contributed by atoms with Crippen LogP contribution in [0.2, 0.25) is 0 Å². The van der Waals surface area contributed by atoms with E-state index in [1.807, 2.05) is 68.7 Å². The number of aliphatic carboxylic acids is 1. The maximum Gasteiger partial charge on any atom is 0.303 e. The van der Waals surface area contributed by atoms with Gasteiger partial charge in [0.1, 0.15) is 0 Å². The summed E-state index contributed by atoms with van der Waals surface area (Å²) in [6.07, 6.45) is 0.465. The molecule has 174 valence electrons. The molecular formula is C27H26BrN3O3. The molecule has 34 heavy (non-hydrogen) atoms. The average molecular weight is 520 g/mol. The van der Waals surface area contributed by atoms with E-state index < -0.39 is 5.97 Å². The van der Waals surface area contributed by atoms with Crippen LogP contribution in [-0.2, 0) is 22.6 Å². The molecule has 0 spiro atoms. The quantitative estimate of drug-likeness (QED) is 0.344. The Morgan fingerprint density at radius 1 is 1.03 bits per heavy atom. The van der Waals surface area contributed by atoms with Crippen LogP contribution < -0.4 is 10.6 Å². The van der Waals surface area contributed by atoms with Crippen LogP contribution in [-0.4, -0.2) is 36.0 Å². The zero-order chi connectivity index (χ0) is 24.2. The Balaban J connectivity index is 1.82. The van der Waals surface area contributed by atoms with Crippen LogP contribution in [0, 0.1) is 0 Å². The molecule has 0 radical (unpaired) electrons. The molecule has 0 unspecified atom stereocenters. The minimum atomic E-state index is -0.838. The van der Waals surface area contributed by atoms with Gasteiger partial charge in [-0.25, -0.2) is 0 Å². The summed E-state index contributed by atoms with van der Waals surface area (Å²) in [5, 5.41) is 15.6. The normalized spacial score (nSPS) is 14.1. The Hall–Kier alpha value is -3.42. The number of aryl methyl sites for hydroxylation is 1. The highest BCUT2D eigenvalue weighted by Crippen LogP contribution is 2.39. The second kappa shape index (κ2) is 10.2. The Labute approximate surface area is 207 Å². The molecule has 0 saturated heterocycles. The number of anilines is 2. The standard InChI is InChI=1S/C27H26BrN3O3/c1-31(2)16-18-6-4-8-21(14-18)29-26(19-7-3-5-17(13-19)9-12-24(32)33)25-22-11-10-20(28)15-23(22)30-27(25)34/h3-8,10-11,13-15,29H,9,12,16H2,1-2H3,(H,30,34)(H,32,33). The number of rotatable bonds is 8. The Kier molecular flexibility index (Phi) is 7.14. The SMILES string of the molecule is CN(C)Cc1cccc(NC(=C2C(=O)Nc3cc(Br)ccc32)c2cccc(CCC(=O)O)c2)c1. The first kappa shape index (κ1) is 23.7. The van der Waals surface area contributed by atoms with Crippen LogP contribution in [0.4, 0.5) is 11.4 Å².